The van der Waals surface area contributed by atoms with Gasteiger partial charge in [0.15, 0.2) is 0 Å². The molecule has 0 saturated heterocycles. The van der Waals surface area contributed by atoms with E-state index in [1.54, 1.807) is 12.1 Å². The minimum atomic E-state index is -0.319. The Morgan fingerprint density at radius 3 is 1.33 bits per heavy atom. The maximum absolute atomic E-state index is 13.7. The van der Waals surface area contributed by atoms with Crippen LogP contribution in [0.3, 0.4) is 0 Å². The second kappa shape index (κ2) is 22.9. The van der Waals surface area contributed by atoms with Crippen molar-refractivity contribution < 1.29 is 28.9 Å². The summed E-state index contributed by atoms with van der Waals surface area (Å²) >= 11 is 0. The van der Waals surface area contributed by atoms with Gasteiger partial charge in [0.1, 0.15) is 0 Å². The zero-order valence-corrected chi connectivity index (χ0v) is 43.9. The number of aromatic nitrogens is 3. The Kier molecular flexibility index (Phi) is 15.3. The summed E-state index contributed by atoms with van der Waals surface area (Å²) in [6, 6.07) is 76.6. The predicted molar refractivity (Wildman–Crippen MR) is 297 cm³/mol. The summed E-state index contributed by atoms with van der Waals surface area (Å²) in [7, 11) is 0. The molecular weight excluding hydrogens is 1100 g/mol. The number of nitrogens with zero attached hydrogens (tertiary/aromatic N) is 3. The van der Waals surface area contributed by atoms with E-state index in [1.165, 1.54) is 46.5 Å². The van der Waals surface area contributed by atoms with Gasteiger partial charge < -0.3 is 15.0 Å². The van der Waals surface area contributed by atoms with Crippen LogP contribution in [-0.4, -0.2) is 15.0 Å². The van der Waals surface area contributed by atoms with Crippen molar-refractivity contribution in [2.75, 3.05) is 0 Å². The Morgan fingerprint density at radius 2 is 0.827 bits per heavy atom. The van der Waals surface area contributed by atoms with E-state index in [4.69, 9.17) is 15.0 Å². The number of pyridine rings is 3. The zero-order chi connectivity index (χ0) is 50.4. The summed E-state index contributed by atoms with van der Waals surface area (Å²) < 4.78 is 27.4. The number of rotatable bonds is 14. The van der Waals surface area contributed by atoms with Crippen LogP contribution in [0.5, 0.6) is 0 Å². The van der Waals surface area contributed by atoms with Crippen LogP contribution < -0.4 is 0 Å². The quantitative estimate of drug-likeness (QED) is 0.102. The number of halogens is 2. The SMILES string of the molecule is Cc1cc(-c2[c-]cc(F)cc2)ncc1CCc1cc(CCc2cnc(-c3[c-]cc(F)cc3)cc2C)cc(-c2ccccc2-c2cnc(-c3[c-]cccc3)cc2-c2ccc(-c3ccc(-c4ccccc4)cc3)cc2)c1.[Ir+3]. The molecule has 0 aliphatic heterocycles. The molecule has 0 saturated carbocycles. The summed E-state index contributed by atoms with van der Waals surface area (Å²) in [5.41, 5.74) is 23.1. The molecular formula is C69H50F2IrN3. The van der Waals surface area contributed by atoms with Crippen LogP contribution in [0, 0.1) is 43.7 Å². The fourth-order valence-corrected chi connectivity index (χ4v) is 9.79. The molecule has 11 aromatic rings. The summed E-state index contributed by atoms with van der Waals surface area (Å²) in [4.78, 5) is 14.7. The molecule has 3 heterocycles. The average molecular weight is 1150 g/mol. The summed E-state index contributed by atoms with van der Waals surface area (Å²) in [6.07, 6.45) is 9.11. The topological polar surface area (TPSA) is 38.7 Å². The molecule has 0 bridgehead atoms. The summed E-state index contributed by atoms with van der Waals surface area (Å²) in [5, 5.41) is 0. The van der Waals surface area contributed by atoms with Crippen molar-refractivity contribution >= 4 is 0 Å². The first-order chi connectivity index (χ1) is 36.3. The Hall–Kier alpha value is -8.28. The fourth-order valence-electron chi connectivity index (χ4n) is 9.79. The van der Waals surface area contributed by atoms with E-state index in [0.29, 0.717) is 0 Å². The van der Waals surface area contributed by atoms with Crippen LogP contribution in [0.25, 0.3) is 89.4 Å². The first-order valence-electron chi connectivity index (χ1n) is 25.0. The average Bonchev–Trinajstić information content (AvgIpc) is 3.45. The molecule has 3 aromatic heterocycles. The Labute approximate surface area is 452 Å². The van der Waals surface area contributed by atoms with Gasteiger partial charge in [0.05, 0.1) is 0 Å². The first-order valence-corrected chi connectivity index (χ1v) is 25.0. The molecule has 8 aromatic carbocycles. The van der Waals surface area contributed by atoms with E-state index in [-0.39, 0.29) is 31.7 Å². The van der Waals surface area contributed by atoms with Crippen LogP contribution in [0.2, 0.25) is 0 Å². The van der Waals surface area contributed by atoms with Crippen LogP contribution in [-0.2, 0) is 45.8 Å². The van der Waals surface area contributed by atoms with Crippen LogP contribution in [0.1, 0.15) is 33.4 Å². The molecule has 364 valence electrons. The smallest absolute Gasteiger partial charge is 0.304 e. The molecule has 11 rings (SSSR count). The molecule has 0 atom stereocenters. The third-order valence-electron chi connectivity index (χ3n) is 13.9. The molecule has 0 amide bonds. The molecule has 0 unspecified atom stereocenters. The Bertz CT molecular complexity index is 3610. The van der Waals surface area contributed by atoms with Gasteiger partial charge in [-0.15, -0.1) is 95.6 Å². The standard InChI is InChI=1S/C69H50F2N3.Ir/c1-46-37-67(56-29-33-61(70)34-30-56)72-43-58(46)19-17-48-39-49(18-20-59-44-73-68(38-47(59)2)57-31-35-62(71)36-32-57)41-60(40-48)63-15-9-10-16-64(63)66-45-74-69(55-13-7-4-8-14-55)42-65(66)54-27-25-53(26-28-54)52-23-21-51(22-24-52)50-11-5-3-6-12-50;/h3-13,15-16,21-29,31,33-45H,17-20H2,1-2H3;/q-3;+3. The van der Waals surface area contributed by atoms with Crippen LogP contribution in [0.4, 0.5) is 8.78 Å². The van der Waals surface area contributed by atoms with Gasteiger partial charge in [-0.25, -0.2) is 0 Å². The van der Waals surface area contributed by atoms with Gasteiger partial charge in [-0.05, 0) is 129 Å². The van der Waals surface area contributed by atoms with Crippen molar-refractivity contribution in [3.8, 4) is 89.4 Å². The maximum atomic E-state index is 13.7. The van der Waals surface area contributed by atoms with Crippen molar-refractivity contribution in [2.24, 2.45) is 0 Å². The van der Waals surface area contributed by atoms with E-state index in [9.17, 15) is 8.78 Å². The second-order valence-corrected chi connectivity index (χ2v) is 18.8. The monoisotopic (exact) mass is 1150 g/mol. The van der Waals surface area contributed by atoms with Crippen molar-refractivity contribution in [1.29, 1.82) is 0 Å². The number of hydrogen-bond donors (Lipinski definition) is 0. The molecule has 0 radical (unpaired) electrons. The number of hydrogen-bond acceptors (Lipinski definition) is 3. The molecule has 0 spiro atoms. The van der Waals surface area contributed by atoms with Gasteiger partial charge >= 0.3 is 20.1 Å². The largest absolute Gasteiger partial charge is 3.00 e. The Morgan fingerprint density at radius 1 is 0.360 bits per heavy atom. The second-order valence-electron chi connectivity index (χ2n) is 18.8. The predicted octanol–water partition coefficient (Wildman–Crippen LogP) is 17.1. The van der Waals surface area contributed by atoms with Gasteiger partial charge in [0.25, 0.3) is 0 Å². The molecule has 0 fully saturated rings. The number of benzene rings is 8. The maximum Gasteiger partial charge on any atom is 3.00 e. The van der Waals surface area contributed by atoms with E-state index in [2.05, 4.69) is 172 Å². The van der Waals surface area contributed by atoms with E-state index in [1.807, 2.05) is 42.9 Å². The van der Waals surface area contributed by atoms with Crippen molar-refractivity contribution in [2.45, 2.75) is 39.5 Å². The molecule has 0 N–H and O–H groups in total. The third kappa shape index (κ3) is 11.6. The Balaban J connectivity index is 0.00000641. The van der Waals surface area contributed by atoms with Gasteiger partial charge in [-0.1, -0.05) is 151 Å². The first kappa shape index (κ1) is 50.3. The van der Waals surface area contributed by atoms with E-state index >= 15 is 0 Å². The summed E-state index contributed by atoms with van der Waals surface area (Å²) in [6.45, 7) is 4.23. The van der Waals surface area contributed by atoms with Crippen molar-refractivity contribution in [3.63, 3.8) is 0 Å². The third-order valence-corrected chi connectivity index (χ3v) is 13.9. The molecule has 0 aliphatic rings. The molecule has 3 nitrogen and oxygen atoms in total. The van der Waals surface area contributed by atoms with Gasteiger partial charge in [-0.3, -0.25) is 8.78 Å². The normalized spacial score (nSPS) is 11.0. The molecule has 0 aliphatic carbocycles. The van der Waals surface area contributed by atoms with Gasteiger partial charge in [-0.2, -0.15) is 0 Å². The zero-order valence-electron chi connectivity index (χ0n) is 41.5. The molecule has 75 heavy (non-hydrogen) atoms. The summed E-state index contributed by atoms with van der Waals surface area (Å²) in [5.74, 6) is -0.638. The van der Waals surface area contributed by atoms with E-state index in [0.717, 1.165) is 126 Å². The minimum absolute atomic E-state index is 0. The van der Waals surface area contributed by atoms with Crippen molar-refractivity contribution in [3.05, 3.63) is 282 Å². The van der Waals surface area contributed by atoms with Gasteiger partial charge in [0, 0.05) is 35.8 Å². The van der Waals surface area contributed by atoms with Crippen LogP contribution in [0.15, 0.2) is 219 Å². The van der Waals surface area contributed by atoms with Crippen molar-refractivity contribution in [1.82, 2.24) is 15.0 Å². The van der Waals surface area contributed by atoms with Gasteiger partial charge in [0.2, 0.25) is 0 Å². The fraction of sp³-hybridized carbons (Fsp3) is 0.0870. The van der Waals surface area contributed by atoms with Crippen LogP contribution >= 0.6 is 0 Å². The van der Waals surface area contributed by atoms with E-state index < -0.39 is 0 Å². The molecule has 6 heteroatoms. The minimum Gasteiger partial charge on any atom is -0.304 e. The number of aryl methyl sites for hydroxylation is 6.